The van der Waals surface area contributed by atoms with Gasteiger partial charge in [-0.3, -0.25) is 9.59 Å². The van der Waals surface area contributed by atoms with Crippen molar-refractivity contribution in [3.8, 4) is 0 Å². The second-order valence-electron chi connectivity index (χ2n) is 4.15. The molecule has 1 N–H and O–H groups in total. The van der Waals surface area contributed by atoms with E-state index in [1.165, 1.54) is 0 Å². The number of piperidine rings is 1. The van der Waals surface area contributed by atoms with Crippen LogP contribution in [0.3, 0.4) is 0 Å². The molecule has 1 heterocycles. The molecule has 1 aliphatic rings. The van der Waals surface area contributed by atoms with Gasteiger partial charge in [0.25, 0.3) is 0 Å². The minimum absolute atomic E-state index is 0.189. The van der Waals surface area contributed by atoms with Crippen LogP contribution < -0.4 is 5.32 Å². The quantitative estimate of drug-likeness (QED) is 0.484. The van der Waals surface area contributed by atoms with Gasteiger partial charge in [0.2, 0.25) is 5.78 Å². The highest BCUT2D eigenvalue weighted by molar-refractivity contribution is 6.27. The van der Waals surface area contributed by atoms with Crippen molar-refractivity contribution in [2.24, 2.45) is 5.41 Å². The van der Waals surface area contributed by atoms with Gasteiger partial charge in [-0.1, -0.05) is 13.8 Å². The first-order valence-electron chi connectivity index (χ1n) is 4.27. The summed E-state index contributed by atoms with van der Waals surface area (Å²) >= 11 is 0. The Hall–Kier alpha value is -0.700. The summed E-state index contributed by atoms with van der Waals surface area (Å²) in [5.74, 6) is -0.317. The van der Waals surface area contributed by atoms with Crippen molar-refractivity contribution in [3.05, 3.63) is 0 Å². The maximum atomic E-state index is 11.0. The fourth-order valence-electron chi connectivity index (χ4n) is 1.59. The fourth-order valence-corrected chi connectivity index (χ4v) is 1.59. The number of nitrogens with one attached hydrogen (secondary N) is 1. The summed E-state index contributed by atoms with van der Waals surface area (Å²) in [5.41, 5.74) is 0.189. The Labute approximate surface area is 72.5 Å². The second-order valence-corrected chi connectivity index (χ2v) is 4.15. The van der Waals surface area contributed by atoms with E-state index in [2.05, 4.69) is 19.2 Å². The SMILES string of the molecule is CC1(C)CCNC(C(=O)C=O)C1. The molecule has 1 atom stereocenters. The number of rotatable bonds is 2. The predicted molar refractivity (Wildman–Crippen MR) is 45.9 cm³/mol. The summed E-state index contributed by atoms with van der Waals surface area (Å²) in [5, 5.41) is 3.04. The standard InChI is InChI=1S/C9H15NO2/c1-9(2)3-4-10-7(5-9)8(12)6-11/h6-7,10H,3-5H2,1-2H3. The van der Waals surface area contributed by atoms with E-state index in [4.69, 9.17) is 0 Å². The number of aldehydes is 1. The molecule has 0 aromatic carbocycles. The zero-order valence-corrected chi connectivity index (χ0v) is 7.59. The topological polar surface area (TPSA) is 46.2 Å². The first-order valence-corrected chi connectivity index (χ1v) is 4.27. The lowest BCUT2D eigenvalue weighted by molar-refractivity contribution is -0.132. The van der Waals surface area contributed by atoms with Crippen LogP contribution >= 0.6 is 0 Å². The van der Waals surface area contributed by atoms with Crippen molar-refractivity contribution >= 4 is 12.1 Å². The van der Waals surface area contributed by atoms with Crippen molar-refractivity contribution in [2.75, 3.05) is 6.54 Å². The molecule has 0 amide bonds. The van der Waals surface area contributed by atoms with Crippen LogP contribution in [0.5, 0.6) is 0 Å². The van der Waals surface area contributed by atoms with Crippen LogP contribution in [-0.4, -0.2) is 24.7 Å². The Morgan fingerprint density at radius 1 is 1.58 bits per heavy atom. The summed E-state index contributed by atoms with van der Waals surface area (Å²) in [6, 6.07) is -0.244. The number of ketones is 1. The van der Waals surface area contributed by atoms with Gasteiger partial charge in [0.05, 0.1) is 6.04 Å². The van der Waals surface area contributed by atoms with Gasteiger partial charge in [-0.15, -0.1) is 0 Å². The van der Waals surface area contributed by atoms with Crippen LogP contribution in [0.1, 0.15) is 26.7 Å². The highest BCUT2D eigenvalue weighted by Gasteiger charge is 2.31. The van der Waals surface area contributed by atoms with Gasteiger partial charge in [0.15, 0.2) is 6.29 Å². The van der Waals surface area contributed by atoms with Gasteiger partial charge in [-0.05, 0) is 24.8 Å². The molecule has 68 valence electrons. The molecule has 1 fully saturated rings. The molecule has 1 saturated heterocycles. The molecule has 0 bridgehead atoms. The van der Waals surface area contributed by atoms with E-state index in [0.29, 0.717) is 6.29 Å². The Morgan fingerprint density at radius 3 is 2.75 bits per heavy atom. The Balaban J connectivity index is 2.57. The largest absolute Gasteiger partial charge is 0.307 e. The molecule has 1 rings (SSSR count). The summed E-state index contributed by atoms with van der Waals surface area (Å²) < 4.78 is 0. The van der Waals surface area contributed by atoms with Crippen molar-refractivity contribution in [3.63, 3.8) is 0 Å². The lowest BCUT2D eigenvalue weighted by Crippen LogP contribution is -2.46. The molecule has 0 aromatic heterocycles. The van der Waals surface area contributed by atoms with Crippen molar-refractivity contribution in [2.45, 2.75) is 32.7 Å². The van der Waals surface area contributed by atoms with E-state index in [0.717, 1.165) is 19.4 Å². The van der Waals surface area contributed by atoms with Gasteiger partial charge in [-0.25, -0.2) is 0 Å². The van der Waals surface area contributed by atoms with E-state index in [9.17, 15) is 9.59 Å². The number of carbonyl (C=O) groups excluding carboxylic acids is 2. The lowest BCUT2D eigenvalue weighted by Gasteiger charge is -2.34. The molecule has 12 heavy (non-hydrogen) atoms. The third kappa shape index (κ3) is 2.14. The van der Waals surface area contributed by atoms with Crippen LogP contribution in [0.4, 0.5) is 0 Å². The number of carbonyl (C=O) groups is 2. The molecule has 0 aliphatic carbocycles. The average molecular weight is 169 g/mol. The molecule has 0 saturated carbocycles. The van der Waals surface area contributed by atoms with E-state index >= 15 is 0 Å². The monoisotopic (exact) mass is 169 g/mol. The number of Topliss-reactive ketones (excluding diaryl/α,β-unsaturated/α-hetero) is 1. The third-order valence-corrected chi connectivity index (χ3v) is 2.41. The van der Waals surface area contributed by atoms with Crippen LogP contribution in [0.2, 0.25) is 0 Å². The van der Waals surface area contributed by atoms with E-state index in [-0.39, 0.29) is 17.2 Å². The van der Waals surface area contributed by atoms with Crippen molar-refractivity contribution in [1.82, 2.24) is 5.32 Å². The lowest BCUT2D eigenvalue weighted by atomic mass is 9.79. The van der Waals surface area contributed by atoms with Crippen LogP contribution in [0.25, 0.3) is 0 Å². The Morgan fingerprint density at radius 2 is 2.25 bits per heavy atom. The molecule has 1 unspecified atom stereocenters. The third-order valence-electron chi connectivity index (χ3n) is 2.41. The van der Waals surface area contributed by atoms with Gasteiger partial charge < -0.3 is 5.32 Å². The van der Waals surface area contributed by atoms with Gasteiger partial charge >= 0.3 is 0 Å². The first-order chi connectivity index (χ1) is 5.55. The molecule has 3 heteroatoms. The van der Waals surface area contributed by atoms with E-state index in [1.54, 1.807) is 0 Å². The molecule has 3 nitrogen and oxygen atoms in total. The zero-order chi connectivity index (χ0) is 9.19. The summed E-state index contributed by atoms with van der Waals surface area (Å²) in [4.78, 5) is 21.2. The highest BCUT2D eigenvalue weighted by Crippen LogP contribution is 2.29. The first kappa shape index (κ1) is 9.39. The van der Waals surface area contributed by atoms with E-state index in [1.807, 2.05) is 0 Å². The molecular formula is C9H15NO2. The minimum atomic E-state index is -0.317. The molecule has 0 aromatic rings. The maximum absolute atomic E-state index is 11.0. The Bertz CT molecular complexity index is 199. The van der Waals surface area contributed by atoms with Crippen molar-refractivity contribution < 1.29 is 9.59 Å². The summed E-state index contributed by atoms with van der Waals surface area (Å²) in [6.07, 6.45) is 2.25. The van der Waals surface area contributed by atoms with E-state index < -0.39 is 0 Å². The number of hydrogen-bond acceptors (Lipinski definition) is 3. The molecule has 0 spiro atoms. The van der Waals surface area contributed by atoms with Crippen molar-refractivity contribution in [1.29, 1.82) is 0 Å². The smallest absolute Gasteiger partial charge is 0.212 e. The van der Waals surface area contributed by atoms with Crippen LogP contribution in [0, 0.1) is 5.41 Å². The highest BCUT2D eigenvalue weighted by atomic mass is 16.2. The van der Waals surface area contributed by atoms with Gasteiger partial charge in [-0.2, -0.15) is 0 Å². The fraction of sp³-hybridized carbons (Fsp3) is 0.778. The second kappa shape index (κ2) is 3.35. The number of hydrogen-bond donors (Lipinski definition) is 1. The van der Waals surface area contributed by atoms with Crippen LogP contribution in [0.15, 0.2) is 0 Å². The molecule has 1 aliphatic heterocycles. The minimum Gasteiger partial charge on any atom is -0.307 e. The molecular weight excluding hydrogens is 154 g/mol. The summed E-state index contributed by atoms with van der Waals surface area (Å²) in [7, 11) is 0. The van der Waals surface area contributed by atoms with Crippen LogP contribution in [-0.2, 0) is 9.59 Å². The van der Waals surface area contributed by atoms with Gasteiger partial charge in [0, 0.05) is 0 Å². The zero-order valence-electron chi connectivity index (χ0n) is 7.59. The van der Waals surface area contributed by atoms with Gasteiger partial charge in [0.1, 0.15) is 0 Å². The normalized spacial score (nSPS) is 28.0. The summed E-state index contributed by atoms with van der Waals surface area (Å²) in [6.45, 7) is 5.08. The maximum Gasteiger partial charge on any atom is 0.212 e. The predicted octanol–water partition coefficient (Wildman–Crippen LogP) is 0.533. The molecule has 0 radical (unpaired) electrons. The average Bonchev–Trinajstić information content (AvgIpc) is 2.01. The Kier molecular flexibility index (Phi) is 2.62.